The van der Waals surface area contributed by atoms with Gasteiger partial charge in [-0.1, -0.05) is 13.8 Å². The average Bonchev–Trinajstić information content (AvgIpc) is 3.16. The number of hydrogen-bond acceptors (Lipinski definition) is 2. The van der Waals surface area contributed by atoms with Crippen molar-refractivity contribution in [3.05, 3.63) is 35.1 Å². The van der Waals surface area contributed by atoms with Crippen molar-refractivity contribution in [3.63, 3.8) is 0 Å². The predicted molar refractivity (Wildman–Crippen MR) is 74.6 cm³/mol. The Balaban J connectivity index is 1.98. The maximum absolute atomic E-state index is 13.8. The highest BCUT2D eigenvalue weighted by Gasteiger charge is 2.31. The van der Waals surface area contributed by atoms with Crippen LogP contribution in [0.5, 0.6) is 0 Å². The molecule has 1 aromatic heterocycles. The van der Waals surface area contributed by atoms with Crippen molar-refractivity contribution in [2.45, 2.75) is 39.2 Å². The van der Waals surface area contributed by atoms with Crippen molar-refractivity contribution < 1.29 is 13.2 Å². The molecule has 0 unspecified atom stereocenters. The smallest absolute Gasteiger partial charge is 0.201 e. The summed E-state index contributed by atoms with van der Waals surface area (Å²) in [5.74, 6) is 0.0114. The number of benzene rings is 1. The monoisotopic (exact) mass is 279 g/mol. The molecule has 1 heterocycles. The molecule has 0 atom stereocenters. The third-order valence-electron chi connectivity index (χ3n) is 3.69. The van der Waals surface area contributed by atoms with Crippen LogP contribution in [0.15, 0.2) is 16.5 Å². The summed E-state index contributed by atoms with van der Waals surface area (Å²) in [5, 5.41) is 4.04. The average molecular weight is 279 g/mol. The molecule has 2 aromatic rings. The second kappa shape index (κ2) is 5.17. The van der Waals surface area contributed by atoms with Gasteiger partial charge in [0.15, 0.2) is 11.4 Å². The standard InChI is InChI=1S/C16H19F2NO/c1-9(2)7-19-8-13-14(10-3-4-10)11-5-6-12(17)15(18)16(11)20-13/h5-6,9-10,19H,3-4,7-8H2,1-2H3. The van der Waals surface area contributed by atoms with Gasteiger partial charge in [0.05, 0.1) is 6.54 Å². The topological polar surface area (TPSA) is 25.2 Å². The van der Waals surface area contributed by atoms with Crippen molar-refractivity contribution in [2.75, 3.05) is 6.54 Å². The number of fused-ring (bicyclic) bond motifs is 1. The minimum Gasteiger partial charge on any atom is -0.456 e. The van der Waals surface area contributed by atoms with Crippen molar-refractivity contribution in [2.24, 2.45) is 5.92 Å². The van der Waals surface area contributed by atoms with Crippen LogP contribution in [0.1, 0.15) is 43.9 Å². The SMILES string of the molecule is CC(C)CNCc1oc2c(F)c(F)ccc2c1C1CC1. The normalized spacial score (nSPS) is 15.4. The Labute approximate surface area is 117 Å². The molecule has 0 saturated heterocycles. The van der Waals surface area contributed by atoms with E-state index in [1.165, 1.54) is 6.07 Å². The van der Waals surface area contributed by atoms with Gasteiger partial charge in [0.2, 0.25) is 5.82 Å². The molecule has 4 heteroatoms. The summed E-state index contributed by atoms with van der Waals surface area (Å²) in [6, 6.07) is 2.82. The minimum atomic E-state index is -0.875. The lowest BCUT2D eigenvalue weighted by Crippen LogP contribution is -2.19. The molecule has 0 spiro atoms. The molecule has 0 bridgehead atoms. The molecular weight excluding hydrogens is 260 g/mol. The summed E-state index contributed by atoms with van der Waals surface area (Å²) in [7, 11) is 0. The van der Waals surface area contributed by atoms with Gasteiger partial charge in [-0.15, -0.1) is 0 Å². The van der Waals surface area contributed by atoms with Crippen LogP contribution in [0.4, 0.5) is 8.78 Å². The fourth-order valence-electron chi connectivity index (χ4n) is 2.60. The lowest BCUT2D eigenvalue weighted by Gasteiger charge is -2.06. The molecule has 2 nitrogen and oxygen atoms in total. The molecule has 1 saturated carbocycles. The third-order valence-corrected chi connectivity index (χ3v) is 3.69. The van der Waals surface area contributed by atoms with Gasteiger partial charge in [-0.05, 0) is 43.4 Å². The van der Waals surface area contributed by atoms with Crippen LogP contribution >= 0.6 is 0 Å². The number of furan rings is 1. The number of halogens is 2. The zero-order chi connectivity index (χ0) is 14.3. The second-order valence-corrected chi connectivity index (χ2v) is 5.98. The van der Waals surface area contributed by atoms with Gasteiger partial charge in [-0.2, -0.15) is 4.39 Å². The molecule has 0 radical (unpaired) electrons. The first-order valence-corrected chi connectivity index (χ1v) is 7.18. The number of hydrogen-bond donors (Lipinski definition) is 1. The van der Waals surface area contributed by atoms with Gasteiger partial charge in [0, 0.05) is 10.9 Å². The highest BCUT2D eigenvalue weighted by molar-refractivity contribution is 5.84. The predicted octanol–water partition coefficient (Wildman–Crippen LogP) is 4.33. The lowest BCUT2D eigenvalue weighted by atomic mass is 10.1. The van der Waals surface area contributed by atoms with Crippen LogP contribution in [0.2, 0.25) is 0 Å². The largest absolute Gasteiger partial charge is 0.456 e. The summed E-state index contributed by atoms with van der Waals surface area (Å²) < 4.78 is 32.8. The van der Waals surface area contributed by atoms with E-state index in [2.05, 4.69) is 19.2 Å². The fraction of sp³-hybridized carbons (Fsp3) is 0.500. The van der Waals surface area contributed by atoms with E-state index in [1.54, 1.807) is 6.07 Å². The first-order valence-electron chi connectivity index (χ1n) is 7.18. The molecule has 0 amide bonds. The Morgan fingerprint density at radius 1 is 1.30 bits per heavy atom. The molecule has 3 rings (SSSR count). The Bertz CT molecular complexity index is 629. The highest BCUT2D eigenvalue weighted by atomic mass is 19.2. The molecular formula is C16H19F2NO. The van der Waals surface area contributed by atoms with Gasteiger partial charge in [-0.3, -0.25) is 0 Å². The minimum absolute atomic E-state index is 0.0632. The summed E-state index contributed by atoms with van der Waals surface area (Å²) >= 11 is 0. The summed E-state index contributed by atoms with van der Waals surface area (Å²) in [6.45, 7) is 5.70. The molecule has 1 aliphatic carbocycles. The van der Waals surface area contributed by atoms with E-state index < -0.39 is 11.6 Å². The van der Waals surface area contributed by atoms with E-state index >= 15 is 0 Å². The second-order valence-electron chi connectivity index (χ2n) is 5.98. The quantitative estimate of drug-likeness (QED) is 0.881. The molecule has 20 heavy (non-hydrogen) atoms. The van der Waals surface area contributed by atoms with Crippen molar-refractivity contribution >= 4 is 11.0 Å². The zero-order valence-corrected chi connectivity index (χ0v) is 11.8. The van der Waals surface area contributed by atoms with Crippen molar-refractivity contribution in [3.8, 4) is 0 Å². The summed E-state index contributed by atoms with van der Waals surface area (Å²) in [6.07, 6.45) is 2.20. The van der Waals surface area contributed by atoms with Gasteiger partial charge < -0.3 is 9.73 Å². The van der Waals surface area contributed by atoms with E-state index in [0.29, 0.717) is 18.4 Å². The van der Waals surface area contributed by atoms with Crippen LogP contribution in [0.3, 0.4) is 0 Å². The van der Waals surface area contributed by atoms with Gasteiger partial charge in [0.1, 0.15) is 5.76 Å². The maximum Gasteiger partial charge on any atom is 0.201 e. The molecule has 1 aliphatic rings. The van der Waals surface area contributed by atoms with Gasteiger partial charge in [0.25, 0.3) is 0 Å². The Hall–Kier alpha value is -1.42. The van der Waals surface area contributed by atoms with Crippen LogP contribution in [0, 0.1) is 17.6 Å². The van der Waals surface area contributed by atoms with Crippen LogP contribution in [-0.4, -0.2) is 6.54 Å². The van der Waals surface area contributed by atoms with E-state index in [0.717, 1.165) is 36.1 Å². The van der Waals surface area contributed by atoms with Crippen LogP contribution < -0.4 is 5.32 Å². The molecule has 108 valence electrons. The Morgan fingerprint density at radius 2 is 2.05 bits per heavy atom. The van der Waals surface area contributed by atoms with E-state index in [9.17, 15) is 8.78 Å². The number of rotatable bonds is 5. The molecule has 0 aliphatic heterocycles. The van der Waals surface area contributed by atoms with Crippen LogP contribution in [-0.2, 0) is 6.54 Å². The maximum atomic E-state index is 13.8. The molecule has 1 fully saturated rings. The van der Waals surface area contributed by atoms with Crippen molar-refractivity contribution in [1.29, 1.82) is 0 Å². The molecule has 1 N–H and O–H groups in total. The summed E-state index contributed by atoms with van der Waals surface area (Å²) in [5.41, 5.74) is 1.13. The van der Waals surface area contributed by atoms with Gasteiger partial charge in [-0.25, -0.2) is 4.39 Å². The summed E-state index contributed by atoms with van der Waals surface area (Å²) in [4.78, 5) is 0. The van der Waals surface area contributed by atoms with Crippen LogP contribution in [0.25, 0.3) is 11.0 Å². The Morgan fingerprint density at radius 3 is 2.70 bits per heavy atom. The first-order chi connectivity index (χ1) is 9.58. The first kappa shape index (κ1) is 13.6. The fourth-order valence-corrected chi connectivity index (χ4v) is 2.60. The van der Waals surface area contributed by atoms with Gasteiger partial charge >= 0.3 is 0 Å². The van der Waals surface area contributed by atoms with E-state index in [4.69, 9.17) is 4.42 Å². The zero-order valence-electron chi connectivity index (χ0n) is 11.8. The molecule has 1 aromatic carbocycles. The van der Waals surface area contributed by atoms with E-state index in [-0.39, 0.29) is 5.58 Å². The third kappa shape index (κ3) is 2.44. The highest BCUT2D eigenvalue weighted by Crippen LogP contribution is 2.46. The Kier molecular flexibility index (Phi) is 3.50. The number of nitrogens with one attached hydrogen (secondary N) is 1. The van der Waals surface area contributed by atoms with Crippen molar-refractivity contribution in [1.82, 2.24) is 5.32 Å². The lowest BCUT2D eigenvalue weighted by molar-refractivity contribution is 0.456. The van der Waals surface area contributed by atoms with E-state index in [1.807, 2.05) is 0 Å².